The van der Waals surface area contributed by atoms with Crippen molar-refractivity contribution in [1.29, 1.82) is 0 Å². The van der Waals surface area contributed by atoms with Crippen molar-refractivity contribution in [2.24, 2.45) is 9.98 Å². The Bertz CT molecular complexity index is 1550. The lowest BCUT2D eigenvalue weighted by atomic mass is 10.0. The molecule has 0 atom stereocenters. The van der Waals surface area contributed by atoms with E-state index >= 15 is 0 Å². The first-order valence-corrected chi connectivity index (χ1v) is 14.2. The summed E-state index contributed by atoms with van der Waals surface area (Å²) in [5.41, 5.74) is 10.5. The molecule has 40 heavy (non-hydrogen) atoms. The van der Waals surface area contributed by atoms with Crippen LogP contribution in [0.15, 0.2) is 150 Å². The molecule has 0 unspecified atom stereocenters. The van der Waals surface area contributed by atoms with Gasteiger partial charge in [-0.25, -0.2) is 0 Å². The Balaban J connectivity index is 1.52. The highest BCUT2D eigenvalue weighted by Gasteiger charge is 2.13. The zero-order chi connectivity index (χ0) is 27.4. The molecule has 0 fully saturated rings. The first-order valence-electron chi connectivity index (χ1n) is 14.2. The number of aryl methyl sites for hydroxylation is 1. The van der Waals surface area contributed by atoms with Crippen LogP contribution < -0.4 is 0 Å². The van der Waals surface area contributed by atoms with E-state index in [1.165, 1.54) is 27.8 Å². The highest BCUT2D eigenvalue weighted by Crippen LogP contribution is 2.26. The summed E-state index contributed by atoms with van der Waals surface area (Å²) in [6.07, 6.45) is 4.27. The highest BCUT2D eigenvalue weighted by atomic mass is 14.8. The Kier molecular flexibility index (Phi) is 9.46. The summed E-state index contributed by atoms with van der Waals surface area (Å²) in [4.78, 5) is 10.6. The van der Waals surface area contributed by atoms with Gasteiger partial charge in [-0.3, -0.25) is 9.98 Å². The van der Waals surface area contributed by atoms with Crippen LogP contribution in [-0.2, 0) is 19.3 Å². The second-order valence-electron chi connectivity index (χ2n) is 10.0. The van der Waals surface area contributed by atoms with Crippen LogP contribution in [0.4, 0.5) is 11.4 Å². The van der Waals surface area contributed by atoms with Crippen LogP contribution in [0.2, 0.25) is 0 Å². The maximum absolute atomic E-state index is 5.34. The molecule has 0 aromatic heterocycles. The Morgan fingerprint density at radius 3 is 1.32 bits per heavy atom. The Morgan fingerprint density at radius 1 is 0.450 bits per heavy atom. The van der Waals surface area contributed by atoms with Crippen LogP contribution in [0.1, 0.15) is 47.6 Å². The van der Waals surface area contributed by atoms with Gasteiger partial charge < -0.3 is 0 Å². The van der Waals surface area contributed by atoms with Crippen molar-refractivity contribution in [1.82, 2.24) is 0 Å². The minimum atomic E-state index is 0.814. The zero-order valence-corrected chi connectivity index (χ0v) is 23.2. The molecule has 0 bridgehead atoms. The van der Waals surface area contributed by atoms with Crippen molar-refractivity contribution >= 4 is 22.8 Å². The molecule has 0 radical (unpaired) electrons. The van der Waals surface area contributed by atoms with Crippen LogP contribution in [0.5, 0.6) is 0 Å². The Labute approximate surface area is 238 Å². The topological polar surface area (TPSA) is 24.7 Å². The van der Waals surface area contributed by atoms with Crippen molar-refractivity contribution in [3.63, 3.8) is 0 Å². The summed E-state index contributed by atoms with van der Waals surface area (Å²) < 4.78 is 0. The Hall–Kier alpha value is -4.56. The third kappa shape index (κ3) is 7.51. The molecule has 5 aromatic rings. The molecular weight excluding hydrogens is 484 g/mol. The highest BCUT2D eigenvalue weighted by molar-refractivity contribution is 6.43. The first-order chi connectivity index (χ1) is 19.8. The second kappa shape index (κ2) is 14.0. The second-order valence-corrected chi connectivity index (χ2v) is 10.0. The van der Waals surface area contributed by atoms with Gasteiger partial charge in [0, 0.05) is 0 Å². The van der Waals surface area contributed by atoms with Gasteiger partial charge in [-0.05, 0) is 72.1 Å². The smallest absolute Gasteiger partial charge is 0.0669 e. The fraction of sp³-hybridized carbons (Fsp3) is 0.158. The predicted molar refractivity (Wildman–Crippen MR) is 171 cm³/mol. The molecule has 2 nitrogen and oxygen atoms in total. The molecule has 0 saturated carbocycles. The summed E-state index contributed by atoms with van der Waals surface area (Å²) in [7, 11) is 0. The molecule has 0 N–H and O–H groups in total. The summed E-state index contributed by atoms with van der Waals surface area (Å²) in [5.74, 6) is 0. The summed E-state index contributed by atoms with van der Waals surface area (Å²) in [5, 5.41) is 0. The molecule has 2 heteroatoms. The third-order valence-corrected chi connectivity index (χ3v) is 7.13. The molecular formula is C38H36N2. The number of para-hydroxylation sites is 2. The van der Waals surface area contributed by atoms with Crippen molar-refractivity contribution in [2.45, 2.75) is 39.0 Å². The standard InChI is InChI=1S/C38H36N2/c1-2-35(39-36-24-14-12-22-33(36)28-31-18-8-4-9-19-31)38(27-26-30-16-6-3-7-17-30)40-37-25-15-13-23-34(37)29-32-20-10-5-11-21-32/h3-25H,2,26-29H2,1H3. The van der Waals surface area contributed by atoms with Gasteiger partial charge in [-0.2, -0.15) is 0 Å². The van der Waals surface area contributed by atoms with E-state index in [0.29, 0.717) is 0 Å². The van der Waals surface area contributed by atoms with E-state index in [9.17, 15) is 0 Å². The van der Waals surface area contributed by atoms with E-state index in [-0.39, 0.29) is 0 Å². The number of hydrogen-bond acceptors (Lipinski definition) is 2. The van der Waals surface area contributed by atoms with Gasteiger partial charge in [0.05, 0.1) is 22.8 Å². The van der Waals surface area contributed by atoms with Crippen molar-refractivity contribution in [3.8, 4) is 0 Å². The number of nitrogens with zero attached hydrogens (tertiary/aromatic N) is 2. The number of hydrogen-bond donors (Lipinski definition) is 0. The van der Waals surface area contributed by atoms with Crippen LogP contribution >= 0.6 is 0 Å². The van der Waals surface area contributed by atoms with Gasteiger partial charge >= 0.3 is 0 Å². The largest absolute Gasteiger partial charge is 0.251 e. The van der Waals surface area contributed by atoms with Gasteiger partial charge in [0.1, 0.15) is 0 Å². The van der Waals surface area contributed by atoms with Crippen LogP contribution in [0, 0.1) is 0 Å². The van der Waals surface area contributed by atoms with Crippen molar-refractivity contribution in [2.75, 3.05) is 0 Å². The predicted octanol–water partition coefficient (Wildman–Crippen LogP) is 9.76. The average Bonchev–Trinajstić information content (AvgIpc) is 3.01. The van der Waals surface area contributed by atoms with Gasteiger partial charge in [-0.15, -0.1) is 0 Å². The van der Waals surface area contributed by atoms with Crippen LogP contribution in [-0.4, -0.2) is 11.4 Å². The monoisotopic (exact) mass is 520 g/mol. The lowest BCUT2D eigenvalue weighted by Gasteiger charge is -2.13. The normalized spacial score (nSPS) is 11.9. The van der Waals surface area contributed by atoms with E-state index in [4.69, 9.17) is 9.98 Å². The quantitative estimate of drug-likeness (QED) is 0.155. The summed E-state index contributed by atoms with van der Waals surface area (Å²) in [6, 6.07) is 48.9. The van der Waals surface area contributed by atoms with E-state index in [0.717, 1.165) is 54.9 Å². The van der Waals surface area contributed by atoms with Gasteiger partial charge in [0.15, 0.2) is 0 Å². The lowest BCUT2D eigenvalue weighted by Crippen LogP contribution is -2.15. The van der Waals surface area contributed by atoms with Gasteiger partial charge in [0.25, 0.3) is 0 Å². The van der Waals surface area contributed by atoms with E-state index < -0.39 is 0 Å². The number of rotatable bonds is 11. The molecule has 0 saturated heterocycles. The molecule has 5 rings (SSSR count). The van der Waals surface area contributed by atoms with Crippen molar-refractivity contribution in [3.05, 3.63) is 167 Å². The van der Waals surface area contributed by atoms with Crippen LogP contribution in [0.25, 0.3) is 0 Å². The number of aliphatic imine (C=N–C) groups is 2. The number of benzene rings is 5. The third-order valence-electron chi connectivity index (χ3n) is 7.13. The van der Waals surface area contributed by atoms with E-state index in [1.807, 2.05) is 0 Å². The fourth-order valence-electron chi connectivity index (χ4n) is 4.98. The maximum Gasteiger partial charge on any atom is 0.0669 e. The average molecular weight is 521 g/mol. The molecule has 0 aliphatic rings. The Morgan fingerprint density at radius 2 is 0.850 bits per heavy atom. The lowest BCUT2D eigenvalue weighted by molar-refractivity contribution is 1.04. The molecule has 0 heterocycles. The van der Waals surface area contributed by atoms with Gasteiger partial charge in [-0.1, -0.05) is 134 Å². The molecule has 0 amide bonds. The summed E-state index contributed by atoms with van der Waals surface area (Å²) >= 11 is 0. The molecule has 0 aliphatic carbocycles. The minimum Gasteiger partial charge on any atom is -0.251 e. The van der Waals surface area contributed by atoms with E-state index in [1.54, 1.807) is 0 Å². The molecule has 5 aromatic carbocycles. The first kappa shape index (κ1) is 27.0. The van der Waals surface area contributed by atoms with Crippen LogP contribution in [0.3, 0.4) is 0 Å². The summed E-state index contributed by atoms with van der Waals surface area (Å²) in [6.45, 7) is 2.19. The van der Waals surface area contributed by atoms with E-state index in [2.05, 4.69) is 146 Å². The van der Waals surface area contributed by atoms with Crippen molar-refractivity contribution < 1.29 is 0 Å². The SMILES string of the molecule is CCC(=Nc1ccccc1Cc1ccccc1)C(CCc1ccccc1)=Nc1ccccc1Cc1ccccc1. The fourth-order valence-corrected chi connectivity index (χ4v) is 4.98. The minimum absolute atomic E-state index is 0.814. The van der Waals surface area contributed by atoms with Gasteiger partial charge in [0.2, 0.25) is 0 Å². The maximum atomic E-state index is 5.34. The molecule has 198 valence electrons. The molecule has 0 spiro atoms. The zero-order valence-electron chi connectivity index (χ0n) is 23.2. The molecule has 0 aliphatic heterocycles.